The highest BCUT2D eigenvalue weighted by Crippen LogP contribution is 2.36. The summed E-state index contributed by atoms with van der Waals surface area (Å²) in [5.41, 5.74) is 1.10. The first kappa shape index (κ1) is 25.0. The summed E-state index contributed by atoms with van der Waals surface area (Å²) in [6, 6.07) is 19.6. The van der Waals surface area contributed by atoms with Crippen LogP contribution in [0.4, 0.5) is 0 Å². The van der Waals surface area contributed by atoms with Crippen molar-refractivity contribution in [2.75, 3.05) is 19.7 Å². The SMILES string of the molecule is CC1(COC(=O)CCC(=O)O)CCN(C(=O)CCCc2ccc3ccc4cccc5ccc2c3c45)CC1. The number of hydrogen-bond acceptors (Lipinski definition) is 4. The zero-order valence-corrected chi connectivity index (χ0v) is 21.3. The summed E-state index contributed by atoms with van der Waals surface area (Å²) in [6.45, 7) is 3.64. The number of carbonyl (C=O) groups is 3. The molecule has 0 aromatic heterocycles. The highest BCUT2D eigenvalue weighted by molar-refractivity contribution is 6.23. The van der Waals surface area contributed by atoms with Gasteiger partial charge in [0.05, 0.1) is 19.4 Å². The summed E-state index contributed by atoms with van der Waals surface area (Å²) < 4.78 is 5.32. The van der Waals surface area contributed by atoms with Crippen LogP contribution in [-0.2, 0) is 25.5 Å². The number of amides is 1. The minimum atomic E-state index is -1.01. The number of carbonyl (C=O) groups excluding carboxylic acids is 2. The van der Waals surface area contributed by atoms with Crippen molar-refractivity contribution in [1.82, 2.24) is 4.90 Å². The minimum Gasteiger partial charge on any atom is -0.481 e. The van der Waals surface area contributed by atoms with Gasteiger partial charge in [-0.05, 0) is 63.6 Å². The number of benzene rings is 4. The summed E-state index contributed by atoms with van der Waals surface area (Å²) in [5, 5.41) is 16.4. The molecule has 0 radical (unpaired) electrons. The minimum absolute atomic E-state index is 0.109. The molecule has 0 unspecified atom stereocenters. The molecular formula is C31H33NO5. The molecule has 0 atom stereocenters. The van der Waals surface area contributed by atoms with E-state index in [2.05, 4.69) is 61.5 Å². The molecule has 0 aliphatic carbocycles. The van der Waals surface area contributed by atoms with Crippen molar-refractivity contribution < 1.29 is 24.2 Å². The van der Waals surface area contributed by atoms with Crippen molar-refractivity contribution in [3.63, 3.8) is 0 Å². The predicted molar refractivity (Wildman–Crippen MR) is 145 cm³/mol. The lowest BCUT2D eigenvalue weighted by atomic mass is 9.81. The van der Waals surface area contributed by atoms with E-state index in [0.29, 0.717) is 19.5 Å². The Bertz CT molecular complexity index is 1430. The number of rotatable bonds is 9. The van der Waals surface area contributed by atoms with Gasteiger partial charge in [-0.3, -0.25) is 14.4 Å². The summed E-state index contributed by atoms with van der Waals surface area (Å²) in [5.74, 6) is -1.30. The summed E-state index contributed by atoms with van der Waals surface area (Å²) in [7, 11) is 0. The van der Waals surface area contributed by atoms with Gasteiger partial charge in [-0.2, -0.15) is 0 Å². The van der Waals surface area contributed by atoms with Gasteiger partial charge in [0.2, 0.25) is 5.91 Å². The lowest BCUT2D eigenvalue weighted by Gasteiger charge is -2.39. The monoisotopic (exact) mass is 499 g/mol. The Morgan fingerprint density at radius 1 is 0.865 bits per heavy atom. The topological polar surface area (TPSA) is 83.9 Å². The Hall–Kier alpha value is -3.67. The maximum atomic E-state index is 12.9. The van der Waals surface area contributed by atoms with Crippen molar-refractivity contribution in [3.05, 3.63) is 60.2 Å². The third-order valence-electron chi connectivity index (χ3n) is 7.90. The Labute approximate surface area is 216 Å². The lowest BCUT2D eigenvalue weighted by Crippen LogP contribution is -2.44. The molecule has 6 heteroatoms. The van der Waals surface area contributed by atoms with Crippen LogP contribution in [-0.4, -0.2) is 47.5 Å². The quantitative estimate of drug-likeness (QED) is 0.227. The van der Waals surface area contributed by atoms with Gasteiger partial charge >= 0.3 is 11.9 Å². The molecule has 37 heavy (non-hydrogen) atoms. The van der Waals surface area contributed by atoms with E-state index in [1.54, 1.807) is 0 Å². The van der Waals surface area contributed by atoms with Crippen LogP contribution >= 0.6 is 0 Å². The van der Waals surface area contributed by atoms with Gasteiger partial charge in [0, 0.05) is 24.9 Å². The molecule has 1 amide bonds. The van der Waals surface area contributed by atoms with E-state index in [0.717, 1.165) is 25.7 Å². The predicted octanol–water partition coefficient (Wildman–Crippen LogP) is 5.94. The van der Waals surface area contributed by atoms with E-state index >= 15 is 0 Å². The van der Waals surface area contributed by atoms with Gasteiger partial charge in [-0.1, -0.05) is 61.5 Å². The second-order valence-electron chi connectivity index (χ2n) is 10.7. The molecule has 192 valence electrons. The first-order valence-electron chi connectivity index (χ1n) is 13.1. The second kappa shape index (κ2) is 10.4. The number of nitrogens with zero attached hydrogens (tertiary/aromatic N) is 1. The first-order valence-corrected chi connectivity index (χ1v) is 13.1. The van der Waals surface area contributed by atoms with Crippen molar-refractivity contribution in [1.29, 1.82) is 0 Å². The van der Waals surface area contributed by atoms with E-state index in [9.17, 15) is 14.4 Å². The van der Waals surface area contributed by atoms with Crippen molar-refractivity contribution >= 4 is 50.2 Å². The molecule has 6 nitrogen and oxygen atoms in total. The lowest BCUT2D eigenvalue weighted by molar-refractivity contribution is -0.151. The molecule has 5 rings (SSSR count). The maximum absolute atomic E-state index is 12.9. The van der Waals surface area contributed by atoms with Crippen LogP contribution in [0.15, 0.2) is 54.6 Å². The Morgan fingerprint density at radius 3 is 2.22 bits per heavy atom. The van der Waals surface area contributed by atoms with Gasteiger partial charge in [0.25, 0.3) is 0 Å². The van der Waals surface area contributed by atoms with Gasteiger partial charge in [0.1, 0.15) is 0 Å². The summed E-state index contributed by atoms with van der Waals surface area (Å²) in [4.78, 5) is 37.3. The van der Waals surface area contributed by atoms with Gasteiger partial charge < -0.3 is 14.7 Å². The van der Waals surface area contributed by atoms with Gasteiger partial charge in [-0.25, -0.2) is 0 Å². The highest BCUT2D eigenvalue weighted by Gasteiger charge is 2.33. The van der Waals surface area contributed by atoms with Crippen molar-refractivity contribution in [2.24, 2.45) is 5.41 Å². The van der Waals surface area contributed by atoms with E-state index < -0.39 is 11.9 Å². The number of likely N-dealkylation sites (tertiary alicyclic amines) is 1. The molecule has 1 aliphatic heterocycles. The fourth-order valence-corrected chi connectivity index (χ4v) is 5.58. The third kappa shape index (κ3) is 5.38. The summed E-state index contributed by atoms with van der Waals surface area (Å²) in [6.07, 6.45) is 3.38. The first-order chi connectivity index (χ1) is 17.8. The molecule has 0 bridgehead atoms. The maximum Gasteiger partial charge on any atom is 0.306 e. The van der Waals surface area contributed by atoms with Crippen LogP contribution in [0.1, 0.15) is 51.0 Å². The largest absolute Gasteiger partial charge is 0.481 e. The molecule has 1 fully saturated rings. The number of piperidine rings is 1. The standard InChI is InChI=1S/C31H33NO5/c1-31(20-37-28(36)15-14-27(34)35)16-18-32(19-17-31)26(33)7-3-4-21-8-9-24-11-10-22-5-2-6-23-12-13-25(21)30(24)29(22)23/h2,5-6,8-13H,3-4,7,14-20H2,1H3,(H,34,35). The van der Waals surface area contributed by atoms with Crippen LogP contribution < -0.4 is 0 Å². The van der Waals surface area contributed by atoms with E-state index in [1.165, 1.54) is 37.9 Å². The fourth-order valence-electron chi connectivity index (χ4n) is 5.58. The molecule has 0 spiro atoms. The zero-order valence-electron chi connectivity index (χ0n) is 21.3. The summed E-state index contributed by atoms with van der Waals surface area (Å²) >= 11 is 0. The smallest absolute Gasteiger partial charge is 0.306 e. The van der Waals surface area contributed by atoms with E-state index in [4.69, 9.17) is 9.84 Å². The average Bonchev–Trinajstić information content (AvgIpc) is 2.90. The van der Waals surface area contributed by atoms with Crippen LogP contribution in [0.25, 0.3) is 32.3 Å². The number of ether oxygens (including phenoxy) is 1. The van der Waals surface area contributed by atoms with Crippen molar-refractivity contribution in [2.45, 2.75) is 51.9 Å². The fraction of sp³-hybridized carbons (Fsp3) is 0.387. The van der Waals surface area contributed by atoms with E-state index in [-0.39, 0.29) is 30.8 Å². The molecule has 1 N–H and O–H groups in total. The number of aryl methyl sites for hydroxylation is 1. The van der Waals surface area contributed by atoms with Crippen LogP contribution in [0, 0.1) is 5.41 Å². The molecular weight excluding hydrogens is 466 g/mol. The van der Waals surface area contributed by atoms with Gasteiger partial charge in [0.15, 0.2) is 0 Å². The highest BCUT2D eigenvalue weighted by atomic mass is 16.5. The molecule has 4 aromatic rings. The molecule has 4 aromatic carbocycles. The number of carboxylic acid groups (broad SMARTS) is 1. The van der Waals surface area contributed by atoms with E-state index in [1.807, 2.05) is 4.90 Å². The van der Waals surface area contributed by atoms with Gasteiger partial charge in [-0.15, -0.1) is 0 Å². The zero-order chi connectivity index (χ0) is 26.0. The van der Waals surface area contributed by atoms with Crippen molar-refractivity contribution in [3.8, 4) is 0 Å². The molecule has 0 saturated carbocycles. The van der Waals surface area contributed by atoms with Crippen LogP contribution in [0.5, 0.6) is 0 Å². The second-order valence-corrected chi connectivity index (χ2v) is 10.7. The average molecular weight is 500 g/mol. The third-order valence-corrected chi connectivity index (χ3v) is 7.90. The Morgan fingerprint density at radius 2 is 1.51 bits per heavy atom. The number of aliphatic carboxylic acids is 1. The number of carboxylic acids is 1. The van der Waals surface area contributed by atoms with Crippen LogP contribution in [0.2, 0.25) is 0 Å². The Balaban J connectivity index is 1.15. The molecule has 1 heterocycles. The molecule has 1 saturated heterocycles. The number of esters is 1. The molecule has 1 aliphatic rings. The number of hydrogen-bond donors (Lipinski definition) is 1. The van der Waals surface area contributed by atoms with Crippen LogP contribution in [0.3, 0.4) is 0 Å². The Kier molecular flexibility index (Phi) is 7.00. The normalized spacial score (nSPS) is 15.4.